The van der Waals surface area contributed by atoms with Crippen LogP contribution in [0, 0.1) is 5.41 Å². The molecule has 6 heteroatoms. The Hall–Kier alpha value is -0.950. The summed E-state index contributed by atoms with van der Waals surface area (Å²) in [5.41, 5.74) is 2.67. The summed E-state index contributed by atoms with van der Waals surface area (Å²) in [5.74, 6) is 1.66. The van der Waals surface area contributed by atoms with Crippen molar-refractivity contribution < 1.29 is 14.0 Å². The van der Waals surface area contributed by atoms with E-state index in [2.05, 4.69) is 22.2 Å². The summed E-state index contributed by atoms with van der Waals surface area (Å²) < 4.78 is 27.1. The Bertz CT molecular complexity index is 638. The zero-order valence-corrected chi connectivity index (χ0v) is 15.4. The van der Waals surface area contributed by atoms with Crippen LogP contribution in [0.5, 0.6) is 11.5 Å². The molecule has 0 unspecified atom stereocenters. The Labute approximate surface area is 146 Å². The molecule has 0 saturated carbocycles. The average Bonchev–Trinajstić information content (AvgIpc) is 3.08. The summed E-state index contributed by atoms with van der Waals surface area (Å²) in [6.07, 6.45) is 3.19. The van der Waals surface area contributed by atoms with Gasteiger partial charge in [0, 0.05) is 16.8 Å². The molecule has 24 heavy (non-hydrogen) atoms. The normalized spacial score (nSPS) is 25.8. The first kappa shape index (κ1) is 16.5. The number of hydrogen-bond acceptors (Lipinski definition) is 5. The van der Waals surface area contributed by atoms with Gasteiger partial charge in [-0.05, 0) is 76.4 Å². The molecule has 132 valence electrons. The summed E-state index contributed by atoms with van der Waals surface area (Å²) >= 11 is -1.10. The molecule has 0 radical (unpaired) electrons. The lowest BCUT2D eigenvalue weighted by Gasteiger charge is -2.40. The van der Waals surface area contributed by atoms with Crippen LogP contribution in [0.3, 0.4) is 0 Å². The fourth-order valence-corrected chi connectivity index (χ4v) is 5.04. The topological polar surface area (TPSA) is 65.6 Å². The Balaban J connectivity index is 1.72. The van der Waals surface area contributed by atoms with Gasteiger partial charge in [-0.2, -0.15) is 0 Å². The first-order valence-corrected chi connectivity index (χ1v) is 9.85. The number of rotatable bonds is 2. The Morgan fingerprint density at radius 1 is 1.21 bits per heavy atom. The highest BCUT2D eigenvalue weighted by Gasteiger charge is 2.50. The van der Waals surface area contributed by atoms with Gasteiger partial charge in [0.15, 0.2) is 11.5 Å². The maximum atomic E-state index is 12.8. The minimum Gasteiger partial charge on any atom is -0.598 e. The van der Waals surface area contributed by atoms with E-state index < -0.39 is 11.4 Å². The molecule has 1 aliphatic carbocycles. The zero-order chi connectivity index (χ0) is 16.9. The largest absolute Gasteiger partial charge is 0.598 e. The monoisotopic (exact) mass is 350 g/mol. The Morgan fingerprint density at radius 2 is 1.88 bits per heavy atom. The van der Waals surface area contributed by atoms with Gasteiger partial charge in [-0.15, -0.1) is 4.72 Å². The maximum absolute atomic E-state index is 12.8. The molecule has 0 amide bonds. The van der Waals surface area contributed by atoms with E-state index in [-0.39, 0.29) is 16.2 Å². The van der Waals surface area contributed by atoms with Crippen LogP contribution >= 0.6 is 0 Å². The molecule has 3 aliphatic rings. The van der Waals surface area contributed by atoms with E-state index >= 15 is 0 Å². The van der Waals surface area contributed by atoms with Gasteiger partial charge in [0.2, 0.25) is 6.79 Å². The summed E-state index contributed by atoms with van der Waals surface area (Å²) in [5, 5.41) is 3.46. The van der Waals surface area contributed by atoms with Crippen molar-refractivity contribution in [3.8, 4) is 11.5 Å². The molecule has 0 bridgehead atoms. The predicted octanol–water partition coefficient (Wildman–Crippen LogP) is 2.43. The predicted molar refractivity (Wildman–Crippen MR) is 94.6 cm³/mol. The molecule has 1 aromatic rings. The fraction of sp³-hybridized carbons (Fsp3) is 0.667. The van der Waals surface area contributed by atoms with E-state index in [0.717, 1.165) is 43.9 Å². The van der Waals surface area contributed by atoms with Gasteiger partial charge < -0.3 is 19.3 Å². The van der Waals surface area contributed by atoms with Crippen LogP contribution < -0.4 is 19.5 Å². The fourth-order valence-electron chi connectivity index (χ4n) is 4.10. The summed E-state index contributed by atoms with van der Waals surface area (Å²) in [6.45, 7) is 8.36. The highest BCUT2D eigenvalue weighted by Crippen LogP contribution is 2.54. The molecule has 1 fully saturated rings. The van der Waals surface area contributed by atoms with Crippen molar-refractivity contribution in [2.45, 2.75) is 50.8 Å². The van der Waals surface area contributed by atoms with E-state index in [4.69, 9.17) is 9.47 Å². The van der Waals surface area contributed by atoms with Crippen LogP contribution in [0.25, 0.3) is 0 Å². The van der Waals surface area contributed by atoms with Crippen LogP contribution in [0.15, 0.2) is 12.1 Å². The Kier molecular flexibility index (Phi) is 3.99. The lowest BCUT2D eigenvalue weighted by molar-refractivity contribution is 0.161. The standard InChI is InChI=1S/C18H26N2O3S/c1-17(2,3)24(21)20-16-13-9-15-14(22-11-23-15)8-12(13)10-18(16)4-6-19-7-5-18/h8-9,16,19-20H,4-7,10-11H2,1-3H3/t16-,24-/m1/s1. The first-order valence-electron chi connectivity index (χ1n) is 8.70. The Morgan fingerprint density at radius 3 is 2.54 bits per heavy atom. The molecule has 2 heterocycles. The van der Waals surface area contributed by atoms with E-state index in [9.17, 15) is 4.55 Å². The van der Waals surface area contributed by atoms with Crippen molar-refractivity contribution in [1.29, 1.82) is 0 Å². The third kappa shape index (κ3) is 2.69. The van der Waals surface area contributed by atoms with Gasteiger partial charge >= 0.3 is 0 Å². The third-order valence-electron chi connectivity index (χ3n) is 5.48. The van der Waals surface area contributed by atoms with Crippen molar-refractivity contribution in [2.24, 2.45) is 5.41 Å². The highest BCUT2D eigenvalue weighted by molar-refractivity contribution is 7.90. The molecule has 2 atom stereocenters. The minimum atomic E-state index is -1.10. The quantitative estimate of drug-likeness (QED) is 0.802. The SMILES string of the molecule is CC(C)(C)[S@@+]([O-])N[C@@H]1c2cc3c(cc2CC12CCNCC2)OCO3. The van der Waals surface area contributed by atoms with Crippen molar-refractivity contribution in [3.05, 3.63) is 23.3 Å². The second kappa shape index (κ2) is 5.80. The van der Waals surface area contributed by atoms with Crippen LogP contribution in [0.2, 0.25) is 0 Å². The summed E-state index contributed by atoms with van der Waals surface area (Å²) in [7, 11) is 0. The first-order chi connectivity index (χ1) is 11.4. The number of nitrogens with one attached hydrogen (secondary N) is 2. The van der Waals surface area contributed by atoms with Gasteiger partial charge in [0.05, 0.1) is 6.04 Å². The molecule has 2 aliphatic heterocycles. The van der Waals surface area contributed by atoms with E-state index in [0.29, 0.717) is 6.79 Å². The molecular weight excluding hydrogens is 324 g/mol. The van der Waals surface area contributed by atoms with E-state index in [1.807, 2.05) is 20.8 Å². The van der Waals surface area contributed by atoms with Crippen molar-refractivity contribution in [2.75, 3.05) is 19.9 Å². The number of piperidine rings is 1. The van der Waals surface area contributed by atoms with Gasteiger partial charge in [0.25, 0.3) is 0 Å². The van der Waals surface area contributed by atoms with E-state index in [1.165, 1.54) is 11.1 Å². The summed E-state index contributed by atoms with van der Waals surface area (Å²) in [6, 6.07) is 4.33. The van der Waals surface area contributed by atoms with Crippen molar-refractivity contribution >= 4 is 11.4 Å². The van der Waals surface area contributed by atoms with Crippen molar-refractivity contribution in [1.82, 2.24) is 10.0 Å². The lowest BCUT2D eigenvalue weighted by atomic mass is 9.73. The molecule has 1 saturated heterocycles. The minimum absolute atomic E-state index is 0.101. The van der Waals surface area contributed by atoms with E-state index in [1.54, 1.807) is 0 Å². The second-order valence-electron chi connectivity index (χ2n) is 8.13. The van der Waals surface area contributed by atoms with Crippen molar-refractivity contribution in [3.63, 3.8) is 0 Å². The molecule has 1 aromatic carbocycles. The maximum Gasteiger partial charge on any atom is 0.231 e. The van der Waals surface area contributed by atoms with Gasteiger partial charge in [0.1, 0.15) is 4.75 Å². The van der Waals surface area contributed by atoms with Crippen LogP contribution in [-0.4, -0.2) is 29.2 Å². The van der Waals surface area contributed by atoms with Crippen LogP contribution in [0.1, 0.15) is 50.8 Å². The number of hydrogen-bond donors (Lipinski definition) is 2. The number of benzene rings is 1. The smallest absolute Gasteiger partial charge is 0.231 e. The second-order valence-corrected chi connectivity index (χ2v) is 10.1. The molecule has 0 aromatic heterocycles. The molecule has 4 rings (SSSR count). The third-order valence-corrected chi connectivity index (χ3v) is 7.04. The molecule has 5 nitrogen and oxygen atoms in total. The average molecular weight is 350 g/mol. The lowest BCUT2D eigenvalue weighted by Crippen LogP contribution is -2.48. The van der Waals surface area contributed by atoms with Gasteiger partial charge in [-0.3, -0.25) is 0 Å². The molecule has 1 spiro atoms. The molecular formula is C18H26N2O3S. The number of fused-ring (bicyclic) bond motifs is 2. The van der Waals surface area contributed by atoms with Crippen LogP contribution in [0.4, 0.5) is 0 Å². The summed E-state index contributed by atoms with van der Waals surface area (Å²) in [4.78, 5) is 0. The highest BCUT2D eigenvalue weighted by atomic mass is 32.2. The van der Waals surface area contributed by atoms with Gasteiger partial charge in [-0.1, -0.05) is 0 Å². The van der Waals surface area contributed by atoms with Gasteiger partial charge in [-0.25, -0.2) is 0 Å². The number of ether oxygens (including phenoxy) is 2. The van der Waals surface area contributed by atoms with Crippen LogP contribution in [-0.2, 0) is 17.8 Å². The zero-order valence-electron chi connectivity index (χ0n) is 14.6. The molecule has 2 N–H and O–H groups in total.